The molecule has 0 aliphatic carbocycles. The number of halogens is 1. The van der Waals surface area contributed by atoms with E-state index in [4.69, 9.17) is 0 Å². The van der Waals surface area contributed by atoms with Gasteiger partial charge in [0.1, 0.15) is 0 Å². The van der Waals surface area contributed by atoms with Gasteiger partial charge < -0.3 is 0 Å². The van der Waals surface area contributed by atoms with Crippen molar-refractivity contribution in [2.45, 2.75) is 28.4 Å². The van der Waals surface area contributed by atoms with Crippen molar-refractivity contribution in [3.63, 3.8) is 0 Å². The Morgan fingerprint density at radius 3 is 2.27 bits per heavy atom. The number of nitriles is 1. The van der Waals surface area contributed by atoms with Crippen LogP contribution in [0.5, 0.6) is 0 Å². The molecule has 4 rings (SSSR count). The molecule has 7 nitrogen and oxygen atoms in total. The van der Waals surface area contributed by atoms with E-state index in [9.17, 15) is 22.1 Å². The third-order valence-electron chi connectivity index (χ3n) is 5.24. The minimum Gasteiger partial charge on any atom is -0.237 e. The normalized spacial score (nSPS) is 13.0. The van der Waals surface area contributed by atoms with E-state index >= 15 is 0 Å². The first-order valence-corrected chi connectivity index (χ1v) is 13.6. The summed E-state index contributed by atoms with van der Waals surface area (Å²) in [5, 5.41) is 8.78. The summed E-state index contributed by atoms with van der Waals surface area (Å²) >= 11 is 3.43. The smallest absolute Gasteiger partial charge is 0.237 e. The van der Waals surface area contributed by atoms with Crippen LogP contribution in [0.3, 0.4) is 0 Å². The highest BCUT2D eigenvalue weighted by atomic mass is 79.9. The number of fused-ring (bicyclic) bond motifs is 1. The second kappa shape index (κ2) is 8.74. The van der Waals surface area contributed by atoms with Crippen molar-refractivity contribution in [3.8, 4) is 6.07 Å². The lowest BCUT2D eigenvalue weighted by Gasteiger charge is -2.15. The third kappa shape index (κ3) is 4.08. The third-order valence-corrected chi connectivity index (χ3v) is 9.82. The fourth-order valence-corrected chi connectivity index (χ4v) is 7.19. The molecule has 0 spiro atoms. The van der Waals surface area contributed by atoms with Gasteiger partial charge in [0.25, 0.3) is 10.0 Å². The zero-order chi connectivity index (χ0) is 23.8. The molecule has 0 saturated heterocycles. The maximum absolute atomic E-state index is 13.6. The molecule has 0 fully saturated rings. The molecule has 33 heavy (non-hydrogen) atoms. The molecule has 2 aromatic carbocycles. The molecule has 0 saturated carbocycles. The van der Waals surface area contributed by atoms with Gasteiger partial charge in [0.15, 0.2) is 20.7 Å². The Kier molecular flexibility index (Phi) is 6.14. The lowest BCUT2D eigenvalue weighted by atomic mass is 10.2. The van der Waals surface area contributed by atoms with E-state index in [0.29, 0.717) is 9.86 Å². The van der Waals surface area contributed by atoms with Crippen molar-refractivity contribution < 1.29 is 16.8 Å². The van der Waals surface area contributed by atoms with Gasteiger partial charge >= 0.3 is 0 Å². The molecule has 10 heteroatoms. The summed E-state index contributed by atoms with van der Waals surface area (Å²) in [6, 6.07) is 19.2. The molecule has 4 aromatic rings. The maximum Gasteiger partial charge on any atom is 0.269 e. The van der Waals surface area contributed by atoms with Crippen molar-refractivity contribution in [2.75, 3.05) is 0 Å². The maximum atomic E-state index is 13.6. The fraction of sp³-hybridized carbons (Fsp3) is 0.130. The average molecular weight is 544 g/mol. The summed E-state index contributed by atoms with van der Waals surface area (Å²) in [7, 11) is -8.18. The van der Waals surface area contributed by atoms with Crippen LogP contribution in [0.4, 0.5) is 0 Å². The predicted molar refractivity (Wildman–Crippen MR) is 128 cm³/mol. The van der Waals surface area contributed by atoms with Crippen LogP contribution in [0.15, 0.2) is 87.2 Å². The first-order chi connectivity index (χ1) is 15.7. The Labute approximate surface area is 200 Å². The standard InChI is InChI=1S/C23H18BrN3O4S2/c1-16-9-11-17(12-10-16)32(28,29)19(15-25)14-21-22(24)20-8-5-13-26-23(20)27(21)33(30,31)18-6-3-2-4-7-18/h2-13,19H,14H2,1H3. The number of rotatable bonds is 6. The van der Waals surface area contributed by atoms with Gasteiger partial charge in [-0.15, -0.1) is 0 Å². The minimum atomic E-state index is -4.13. The topological polar surface area (TPSA) is 110 Å². The number of nitrogens with zero attached hydrogens (tertiary/aromatic N) is 3. The van der Waals surface area contributed by atoms with Gasteiger partial charge in [-0.1, -0.05) is 35.9 Å². The Morgan fingerprint density at radius 2 is 1.64 bits per heavy atom. The molecule has 1 atom stereocenters. The molecule has 0 N–H and O–H groups in total. The second-order valence-electron chi connectivity index (χ2n) is 7.40. The van der Waals surface area contributed by atoms with Gasteiger partial charge in [-0.3, -0.25) is 0 Å². The SMILES string of the molecule is Cc1ccc(S(=O)(=O)C(C#N)Cc2c(Br)c3cccnc3n2S(=O)(=O)c2ccccc2)cc1. The molecule has 2 aromatic heterocycles. The van der Waals surface area contributed by atoms with E-state index in [1.54, 1.807) is 42.5 Å². The van der Waals surface area contributed by atoms with Crippen molar-refractivity contribution in [1.82, 2.24) is 8.96 Å². The lowest BCUT2D eigenvalue weighted by molar-refractivity contribution is 0.580. The van der Waals surface area contributed by atoms with Gasteiger partial charge in [0, 0.05) is 22.5 Å². The molecular formula is C23H18BrN3O4S2. The molecule has 0 aliphatic rings. The van der Waals surface area contributed by atoms with E-state index in [1.165, 1.54) is 30.5 Å². The number of pyridine rings is 1. The van der Waals surface area contributed by atoms with Gasteiger partial charge in [-0.05, 0) is 59.3 Å². The van der Waals surface area contributed by atoms with Crippen molar-refractivity contribution in [1.29, 1.82) is 5.26 Å². The van der Waals surface area contributed by atoms with Crippen molar-refractivity contribution in [3.05, 3.63) is 88.7 Å². The predicted octanol–water partition coefficient (Wildman–Crippen LogP) is 4.25. The number of aryl methyl sites for hydroxylation is 1. The first kappa shape index (κ1) is 23.2. The summed E-state index contributed by atoms with van der Waals surface area (Å²) < 4.78 is 55.0. The number of benzene rings is 2. The quantitative estimate of drug-likeness (QED) is 0.359. The molecule has 168 valence electrons. The van der Waals surface area contributed by atoms with Crippen molar-refractivity contribution in [2.24, 2.45) is 0 Å². The molecule has 1 unspecified atom stereocenters. The number of aromatic nitrogens is 2. The Hall–Kier alpha value is -3.00. The second-order valence-corrected chi connectivity index (χ2v) is 12.1. The average Bonchev–Trinajstić information content (AvgIpc) is 3.10. The van der Waals surface area contributed by atoms with Crippen LogP contribution in [-0.2, 0) is 26.3 Å². The van der Waals surface area contributed by atoms with Crippen LogP contribution >= 0.6 is 15.9 Å². The van der Waals surface area contributed by atoms with Crippen LogP contribution in [0.2, 0.25) is 0 Å². The van der Waals surface area contributed by atoms with E-state index in [0.717, 1.165) is 9.54 Å². The minimum absolute atomic E-state index is 0.00229. The van der Waals surface area contributed by atoms with E-state index < -0.39 is 25.1 Å². The highest BCUT2D eigenvalue weighted by molar-refractivity contribution is 9.10. The Bertz CT molecular complexity index is 1590. The van der Waals surface area contributed by atoms with Gasteiger partial charge in [-0.2, -0.15) is 5.26 Å². The first-order valence-electron chi connectivity index (χ1n) is 9.82. The van der Waals surface area contributed by atoms with Gasteiger partial charge in [0.05, 0.1) is 21.6 Å². The van der Waals surface area contributed by atoms with Gasteiger partial charge in [-0.25, -0.2) is 25.8 Å². The van der Waals surface area contributed by atoms with Crippen LogP contribution in [-0.4, -0.2) is 31.0 Å². The molecule has 0 bridgehead atoms. The summed E-state index contributed by atoms with van der Waals surface area (Å²) in [4.78, 5) is 4.27. The van der Waals surface area contributed by atoms with Crippen LogP contribution < -0.4 is 0 Å². The van der Waals surface area contributed by atoms with Crippen LogP contribution in [0.1, 0.15) is 11.3 Å². The zero-order valence-electron chi connectivity index (χ0n) is 17.4. The van der Waals surface area contributed by atoms with E-state index in [1.807, 2.05) is 13.0 Å². The molecule has 0 aliphatic heterocycles. The molecule has 2 heterocycles. The van der Waals surface area contributed by atoms with E-state index in [2.05, 4.69) is 20.9 Å². The molecular weight excluding hydrogens is 526 g/mol. The van der Waals surface area contributed by atoms with Crippen LogP contribution in [0.25, 0.3) is 11.0 Å². The summed E-state index contributed by atoms with van der Waals surface area (Å²) in [5.74, 6) is 0. The summed E-state index contributed by atoms with van der Waals surface area (Å²) in [5.41, 5.74) is 1.16. The fourth-order valence-electron chi connectivity index (χ4n) is 3.52. The summed E-state index contributed by atoms with van der Waals surface area (Å²) in [6.45, 7) is 1.83. The molecule has 0 amide bonds. The zero-order valence-corrected chi connectivity index (χ0v) is 20.6. The number of sulfone groups is 1. The molecule has 0 radical (unpaired) electrons. The largest absolute Gasteiger partial charge is 0.269 e. The van der Waals surface area contributed by atoms with Crippen molar-refractivity contribution >= 4 is 46.8 Å². The van der Waals surface area contributed by atoms with Gasteiger partial charge in [0.2, 0.25) is 0 Å². The monoisotopic (exact) mass is 543 g/mol. The highest BCUT2D eigenvalue weighted by Crippen LogP contribution is 2.35. The van der Waals surface area contributed by atoms with E-state index in [-0.39, 0.29) is 27.6 Å². The lowest BCUT2D eigenvalue weighted by Crippen LogP contribution is -2.25. The van der Waals surface area contributed by atoms with Crippen LogP contribution in [0, 0.1) is 18.3 Å². The Morgan fingerprint density at radius 1 is 0.970 bits per heavy atom. The Balaban J connectivity index is 1.91. The highest BCUT2D eigenvalue weighted by Gasteiger charge is 2.33. The number of hydrogen-bond acceptors (Lipinski definition) is 6. The summed E-state index contributed by atoms with van der Waals surface area (Å²) in [6.07, 6.45) is 1.11. The number of hydrogen-bond donors (Lipinski definition) is 0.